The highest BCUT2D eigenvalue weighted by Crippen LogP contribution is 2.31. The van der Waals surface area contributed by atoms with Crippen molar-refractivity contribution < 1.29 is 81.4 Å². The van der Waals surface area contributed by atoms with Crippen molar-refractivity contribution in [2.45, 2.75) is 93.1 Å². The summed E-state index contributed by atoms with van der Waals surface area (Å²) in [6, 6.07) is 19.4. The van der Waals surface area contributed by atoms with Gasteiger partial charge in [0.2, 0.25) is 21.8 Å². The second kappa shape index (κ2) is 30.0. The third kappa shape index (κ3) is 20.8. The van der Waals surface area contributed by atoms with Crippen molar-refractivity contribution in [3.8, 4) is 0 Å². The molecule has 1 heterocycles. The van der Waals surface area contributed by atoms with Gasteiger partial charge in [-0.2, -0.15) is 30.6 Å². The number of sulfone groups is 1. The molecule has 4 aromatic rings. The molecule has 2 fully saturated rings. The van der Waals surface area contributed by atoms with E-state index in [0.717, 1.165) is 67.6 Å². The molecule has 4 aromatic carbocycles. The molecule has 2 N–H and O–H groups in total. The number of methoxy groups -OCH3 is 2. The number of esters is 2. The Morgan fingerprint density at radius 1 is 0.671 bits per heavy atom. The molecule has 1 aliphatic heterocycles. The number of nitrogens with zero attached hydrogens (tertiary/aromatic N) is 2. The third-order valence-corrected chi connectivity index (χ3v) is 14.5. The molecule has 1 saturated carbocycles. The van der Waals surface area contributed by atoms with Gasteiger partial charge < -0.3 is 25.0 Å². The number of hydrogen-bond acceptors (Lipinski definition) is 12. The van der Waals surface area contributed by atoms with Gasteiger partial charge >= 0.3 is 24.3 Å². The van der Waals surface area contributed by atoms with E-state index in [1.165, 1.54) is 91.9 Å². The van der Waals surface area contributed by atoms with E-state index >= 15 is 0 Å². The Kier molecular flexibility index (Phi) is 26.1. The average Bonchev–Trinajstić information content (AvgIpc) is 4.11. The molecule has 2 aliphatic rings. The maximum atomic E-state index is 13.2. The van der Waals surface area contributed by atoms with Crippen LogP contribution < -0.4 is 10.6 Å². The fourth-order valence-corrected chi connectivity index (χ4v) is 9.14. The van der Waals surface area contributed by atoms with Crippen molar-refractivity contribution >= 4 is 78.8 Å². The number of amides is 3. The van der Waals surface area contributed by atoms with E-state index in [4.69, 9.17) is 11.6 Å². The quantitative estimate of drug-likeness (QED) is 0.0691. The predicted octanol–water partition coefficient (Wildman–Crippen LogP) is 8.39. The number of likely N-dealkylation sites (tertiary alicyclic amines) is 1. The first kappa shape index (κ1) is 66.0. The summed E-state index contributed by atoms with van der Waals surface area (Å²) in [6.45, 7) is 1.79. The van der Waals surface area contributed by atoms with E-state index in [1.54, 1.807) is 6.92 Å². The summed E-state index contributed by atoms with van der Waals surface area (Å²) in [5.74, 6) is -1.82. The molecule has 26 heteroatoms. The molecule has 1 saturated heterocycles. The summed E-state index contributed by atoms with van der Waals surface area (Å²) in [6.07, 6.45) is -2.31. The number of sulfonamides is 1. The van der Waals surface area contributed by atoms with Crippen LogP contribution in [0.1, 0.15) is 94.8 Å². The van der Waals surface area contributed by atoms with Crippen LogP contribution in [-0.4, -0.2) is 108 Å². The highest BCUT2D eigenvalue weighted by molar-refractivity contribution is 7.90. The van der Waals surface area contributed by atoms with Crippen LogP contribution in [-0.2, 0) is 74.0 Å². The maximum absolute atomic E-state index is 13.2. The molecule has 0 spiro atoms. The van der Waals surface area contributed by atoms with Crippen LogP contribution >= 0.6 is 24.0 Å². The molecule has 418 valence electrons. The Morgan fingerprint density at radius 2 is 1.13 bits per heavy atom. The minimum atomic E-state index is -4.46. The van der Waals surface area contributed by atoms with Crippen LogP contribution in [0.4, 0.5) is 26.3 Å². The fourth-order valence-electron chi connectivity index (χ4n) is 7.19. The summed E-state index contributed by atoms with van der Waals surface area (Å²) in [7, 11) is -3.64. The van der Waals surface area contributed by atoms with Gasteiger partial charge in [0.1, 0.15) is 12.6 Å². The number of nitrogens with one attached hydrogen (secondary N) is 2. The second-order valence-electron chi connectivity index (χ2n) is 16.8. The first-order chi connectivity index (χ1) is 35.0. The summed E-state index contributed by atoms with van der Waals surface area (Å²) in [5, 5.41) is 4.77. The number of hydrogen-bond donors (Lipinski definition) is 2. The largest absolute Gasteiger partial charge is 0.469 e. The Hall–Kier alpha value is -6.08. The second-order valence-corrected chi connectivity index (χ2v) is 21.2. The van der Waals surface area contributed by atoms with Crippen LogP contribution in [0.15, 0.2) is 107 Å². The molecular formula is C50H58Cl2F6N4O12S2. The molecule has 0 radical (unpaired) electrons. The monoisotopic (exact) mass is 1150 g/mol. The number of alkyl halides is 6. The Morgan fingerprint density at radius 3 is 1.57 bits per heavy atom. The highest BCUT2D eigenvalue weighted by atomic mass is 35.5. The lowest BCUT2D eigenvalue weighted by atomic mass is 10.1. The van der Waals surface area contributed by atoms with Crippen molar-refractivity contribution in [3.63, 3.8) is 0 Å². The van der Waals surface area contributed by atoms with Crippen LogP contribution in [0.3, 0.4) is 0 Å². The Bertz CT molecular complexity index is 2830. The number of rotatable bonds is 14. The van der Waals surface area contributed by atoms with Crippen molar-refractivity contribution in [2.75, 3.05) is 40.6 Å². The minimum Gasteiger partial charge on any atom is -0.469 e. The molecule has 1 atom stereocenters. The SMILES string of the molecule is CCC(=O)OC.COC(=O)CN(C)S(=O)(=O)c1cccc(C(=O)N2CCC[C@@H]2C(=O)NCc2ccc(C(F)(F)F)cc2)c1.CS(=O)(=O)c1cccc(C(=O)Cl)c1.Cl.O=C(NCc1ccc(C(F)(F)F)cc1)C1CCCC1. The van der Waals surface area contributed by atoms with Gasteiger partial charge in [-0.1, -0.05) is 62.2 Å². The maximum Gasteiger partial charge on any atom is 0.416 e. The van der Waals surface area contributed by atoms with Gasteiger partial charge in [-0.15, -0.1) is 12.4 Å². The molecule has 16 nitrogen and oxygen atoms in total. The summed E-state index contributed by atoms with van der Waals surface area (Å²) < 4.78 is 133. The molecule has 1 aliphatic carbocycles. The lowest BCUT2D eigenvalue weighted by molar-refractivity contribution is -0.141. The zero-order chi connectivity index (χ0) is 56.3. The molecule has 76 heavy (non-hydrogen) atoms. The van der Waals surface area contributed by atoms with Gasteiger partial charge in [-0.05, 0) is 103 Å². The highest BCUT2D eigenvalue weighted by Gasteiger charge is 2.36. The van der Waals surface area contributed by atoms with Crippen molar-refractivity contribution in [1.29, 1.82) is 0 Å². The number of halogens is 8. The number of likely N-dealkylation sites (N-methyl/N-ethyl adjacent to an activating group) is 1. The summed E-state index contributed by atoms with van der Waals surface area (Å²) >= 11 is 5.19. The summed E-state index contributed by atoms with van der Waals surface area (Å²) in [5.41, 5.74) is -0.0839. The smallest absolute Gasteiger partial charge is 0.416 e. The van der Waals surface area contributed by atoms with Gasteiger partial charge in [0.25, 0.3) is 11.1 Å². The zero-order valence-electron chi connectivity index (χ0n) is 41.8. The van der Waals surface area contributed by atoms with E-state index in [2.05, 4.69) is 20.1 Å². The third-order valence-electron chi connectivity index (χ3n) is 11.4. The fraction of sp³-hybridized carbons (Fsp3) is 0.400. The van der Waals surface area contributed by atoms with Gasteiger partial charge in [-0.25, -0.2) is 16.8 Å². The van der Waals surface area contributed by atoms with E-state index < -0.39 is 79.0 Å². The normalized spacial score (nSPS) is 14.5. The van der Waals surface area contributed by atoms with Crippen molar-refractivity contribution in [2.24, 2.45) is 5.92 Å². The Balaban J connectivity index is 0.000000418. The van der Waals surface area contributed by atoms with Crippen molar-refractivity contribution in [1.82, 2.24) is 19.8 Å². The molecule has 0 bridgehead atoms. The predicted molar refractivity (Wildman–Crippen MR) is 270 cm³/mol. The van der Waals surface area contributed by atoms with Crippen LogP contribution in [0.2, 0.25) is 0 Å². The van der Waals surface area contributed by atoms with E-state index in [9.17, 15) is 71.9 Å². The van der Waals surface area contributed by atoms with Gasteiger partial charge in [0.15, 0.2) is 9.84 Å². The van der Waals surface area contributed by atoms with Gasteiger partial charge in [0.05, 0.1) is 35.1 Å². The molecular weight excluding hydrogens is 1100 g/mol. The lowest BCUT2D eigenvalue weighted by Crippen LogP contribution is -2.45. The number of carbonyl (C=O) groups is 6. The van der Waals surface area contributed by atoms with E-state index in [1.807, 2.05) is 0 Å². The standard InChI is InChI=1S/C24H26F3N3O6S.C14H16F3NO.C8H7ClO3S.C4H8O2.ClH/c1-29(15-21(31)36-2)37(34,35)19-6-3-5-17(13-19)23(33)30-12-4-7-20(30)22(32)28-14-16-8-10-18(11-9-16)24(25,26)27;15-14(16,17)12-7-5-10(6-8-12)9-18-13(19)11-3-1-2-4-11;1-13(11,12)7-4-2-3-6(5-7)8(9)10;1-3-4(5)6-2;/h3,5-6,8-11,13,20H,4,7,12,14-15H2,1-2H3,(H,28,32);5-8,11H,1-4,9H2,(H,18,19);2-5H,1H3;3H2,1-2H3;1H/t20-;;;;/m1..../s1. The molecule has 0 unspecified atom stereocenters. The van der Waals surface area contributed by atoms with Crippen LogP contribution in [0, 0.1) is 5.92 Å². The molecule has 0 aromatic heterocycles. The first-order valence-electron chi connectivity index (χ1n) is 22.9. The van der Waals surface area contributed by atoms with Crippen LogP contribution in [0.5, 0.6) is 0 Å². The van der Waals surface area contributed by atoms with Gasteiger partial charge in [0, 0.05) is 56.4 Å². The van der Waals surface area contributed by atoms with Gasteiger partial charge in [-0.3, -0.25) is 28.8 Å². The molecule has 3 amide bonds. The van der Waals surface area contributed by atoms with E-state index in [0.29, 0.717) is 30.4 Å². The lowest BCUT2D eigenvalue weighted by Gasteiger charge is -2.24. The van der Waals surface area contributed by atoms with Crippen LogP contribution in [0.25, 0.3) is 0 Å². The summed E-state index contributed by atoms with van der Waals surface area (Å²) in [4.78, 5) is 71.1. The number of carbonyl (C=O) groups excluding carboxylic acids is 6. The number of benzene rings is 4. The average molecular weight is 1160 g/mol. The van der Waals surface area contributed by atoms with E-state index in [-0.39, 0.29) is 70.8 Å². The topological polar surface area (TPSA) is 220 Å². The Labute approximate surface area is 448 Å². The molecule has 6 rings (SSSR count). The zero-order valence-corrected chi connectivity index (χ0v) is 45.0. The van der Waals surface area contributed by atoms with Crippen molar-refractivity contribution in [3.05, 3.63) is 130 Å². The minimum absolute atomic E-state index is 0. The number of ether oxygens (including phenoxy) is 2. The first-order valence-corrected chi connectivity index (χ1v) is 26.6.